The fraction of sp³-hybridized carbons (Fsp3) is 0.348. The fourth-order valence-electron chi connectivity index (χ4n) is 6.00. The van der Waals surface area contributed by atoms with Crippen molar-refractivity contribution in [2.45, 2.75) is 12.5 Å². The van der Waals surface area contributed by atoms with Crippen molar-refractivity contribution >= 4 is 34.8 Å². The molecule has 6 atom stereocenters. The lowest BCUT2D eigenvalue weighted by molar-refractivity contribution is -0.125. The van der Waals surface area contributed by atoms with Gasteiger partial charge in [-0.15, -0.1) is 0 Å². The van der Waals surface area contributed by atoms with Gasteiger partial charge in [0, 0.05) is 22.4 Å². The van der Waals surface area contributed by atoms with Gasteiger partial charge in [-0.3, -0.25) is 14.5 Å². The molecule has 30 heavy (non-hydrogen) atoms. The van der Waals surface area contributed by atoms with Crippen molar-refractivity contribution in [1.82, 2.24) is 0 Å². The Morgan fingerprint density at radius 1 is 1.00 bits per heavy atom. The zero-order chi connectivity index (χ0) is 20.6. The van der Waals surface area contributed by atoms with Crippen LogP contribution in [0.5, 0.6) is 5.75 Å². The van der Waals surface area contributed by atoms with E-state index < -0.39 is 0 Å². The van der Waals surface area contributed by atoms with E-state index in [0.29, 0.717) is 16.5 Å². The zero-order valence-corrected chi connectivity index (χ0v) is 17.0. The molecule has 0 spiro atoms. The van der Waals surface area contributed by atoms with E-state index in [9.17, 15) is 9.59 Å². The van der Waals surface area contributed by atoms with Crippen LogP contribution in [0.3, 0.4) is 0 Å². The molecule has 2 aromatic carbocycles. The number of amides is 2. The number of anilines is 1. The monoisotopic (exact) mass is 422 g/mol. The maximum absolute atomic E-state index is 13.4. The van der Waals surface area contributed by atoms with Crippen LogP contribution in [-0.2, 0) is 14.4 Å². The van der Waals surface area contributed by atoms with Crippen LogP contribution in [0.4, 0.5) is 5.69 Å². The summed E-state index contributed by atoms with van der Waals surface area (Å²) in [5.74, 6) is -0.227. The molecule has 2 aromatic rings. The van der Waals surface area contributed by atoms with Gasteiger partial charge < -0.3 is 9.57 Å². The summed E-state index contributed by atoms with van der Waals surface area (Å²) in [6.07, 6.45) is 0.636. The highest BCUT2D eigenvalue weighted by atomic mass is 35.5. The summed E-state index contributed by atoms with van der Waals surface area (Å²) in [5, 5.41) is 4.97. The Bertz CT molecular complexity index is 1100. The van der Waals surface area contributed by atoms with Gasteiger partial charge in [0.05, 0.1) is 30.3 Å². The van der Waals surface area contributed by atoms with Gasteiger partial charge in [0.2, 0.25) is 11.8 Å². The normalized spacial score (nSPS) is 33.4. The summed E-state index contributed by atoms with van der Waals surface area (Å²) in [6, 6.07) is 14.6. The average molecular weight is 423 g/mol. The maximum atomic E-state index is 13.4. The minimum absolute atomic E-state index is 0.00608. The second-order valence-electron chi connectivity index (χ2n) is 8.38. The number of imide groups is 1. The van der Waals surface area contributed by atoms with Gasteiger partial charge in [-0.25, -0.2) is 0 Å². The molecule has 0 unspecified atom stereocenters. The van der Waals surface area contributed by atoms with Gasteiger partial charge in [-0.05, 0) is 42.7 Å². The third-order valence-corrected chi connectivity index (χ3v) is 7.50. The third kappa shape index (κ3) is 2.23. The van der Waals surface area contributed by atoms with E-state index in [1.54, 1.807) is 31.4 Å². The number of carbonyl (C=O) groups excluding carboxylic acids is 2. The number of methoxy groups -OCH3 is 1. The number of fused-ring (bicyclic) bond motifs is 8. The highest BCUT2D eigenvalue weighted by Gasteiger charge is 2.70. The fourth-order valence-corrected chi connectivity index (χ4v) is 6.24. The number of carbonyl (C=O) groups is 2. The van der Waals surface area contributed by atoms with Crippen LogP contribution < -0.4 is 9.64 Å². The van der Waals surface area contributed by atoms with Crippen molar-refractivity contribution in [2.24, 2.45) is 34.7 Å². The number of rotatable bonds is 3. The van der Waals surface area contributed by atoms with Gasteiger partial charge in [-0.1, -0.05) is 35.0 Å². The standard InChI is InChI=1S/C23H19ClN2O4/c1-29-12-8-6-11(7-9-12)26-22(27)17-14-10-15(18(17)23(26)28)21-19(14)20(25-30-21)13-4-2-3-5-16(13)24/h2-9,14-15,17-19,21H,10H2,1H3/t14-,15+,17-,18+,19+,21-/m1/s1. The van der Waals surface area contributed by atoms with Crippen molar-refractivity contribution in [1.29, 1.82) is 0 Å². The van der Waals surface area contributed by atoms with Crippen molar-refractivity contribution in [3.05, 3.63) is 59.1 Å². The average Bonchev–Trinajstić information content (AvgIpc) is 3.49. The molecule has 6 rings (SSSR count). The topological polar surface area (TPSA) is 68.2 Å². The number of benzene rings is 2. The van der Waals surface area contributed by atoms with Crippen LogP contribution >= 0.6 is 11.6 Å². The number of oxime groups is 1. The Morgan fingerprint density at radius 2 is 1.70 bits per heavy atom. The van der Waals surface area contributed by atoms with Crippen LogP contribution in [0.15, 0.2) is 53.7 Å². The van der Waals surface area contributed by atoms with Crippen molar-refractivity contribution in [3.63, 3.8) is 0 Å². The van der Waals surface area contributed by atoms with E-state index >= 15 is 0 Å². The lowest BCUT2D eigenvalue weighted by atomic mass is 9.71. The Hall–Kier alpha value is -2.86. The summed E-state index contributed by atoms with van der Waals surface area (Å²) < 4.78 is 5.19. The first-order valence-electron chi connectivity index (χ1n) is 10.1. The van der Waals surface area contributed by atoms with Crippen LogP contribution in [0.1, 0.15) is 12.0 Å². The molecule has 152 valence electrons. The lowest BCUT2D eigenvalue weighted by Crippen LogP contribution is -2.41. The molecule has 2 heterocycles. The molecule has 2 bridgehead atoms. The van der Waals surface area contributed by atoms with Crippen LogP contribution in [-0.4, -0.2) is 30.7 Å². The number of ether oxygens (including phenoxy) is 1. The van der Waals surface area contributed by atoms with Gasteiger partial charge >= 0.3 is 0 Å². The molecule has 2 aliphatic carbocycles. The minimum atomic E-state index is -0.341. The number of halogens is 1. The predicted octanol–water partition coefficient (Wildman–Crippen LogP) is 3.52. The Kier molecular flexibility index (Phi) is 3.78. The van der Waals surface area contributed by atoms with Crippen molar-refractivity contribution in [2.75, 3.05) is 12.0 Å². The van der Waals surface area contributed by atoms with Gasteiger partial charge in [0.25, 0.3) is 0 Å². The summed E-state index contributed by atoms with van der Waals surface area (Å²) in [6.45, 7) is 0. The maximum Gasteiger partial charge on any atom is 0.238 e. The molecular formula is C23H19ClN2O4. The Labute approximate surface area is 178 Å². The van der Waals surface area contributed by atoms with E-state index in [4.69, 9.17) is 21.2 Å². The number of hydrogen-bond donors (Lipinski definition) is 0. The quantitative estimate of drug-likeness (QED) is 0.710. The molecule has 0 N–H and O–H groups in total. The molecule has 3 fully saturated rings. The molecule has 4 aliphatic rings. The first-order chi connectivity index (χ1) is 14.6. The van der Waals surface area contributed by atoms with Gasteiger partial charge in [0.15, 0.2) is 0 Å². The third-order valence-electron chi connectivity index (χ3n) is 7.17. The highest BCUT2D eigenvalue weighted by molar-refractivity contribution is 6.34. The Balaban J connectivity index is 1.35. The SMILES string of the molecule is COc1ccc(N2C(=O)[C@@H]3[C@H]4C[C@H]([C@H]5ON=C(c6ccccc6Cl)[C@H]45)[C@@H]3C2=O)cc1. The minimum Gasteiger partial charge on any atom is -0.497 e. The van der Waals surface area contributed by atoms with E-state index in [0.717, 1.165) is 17.7 Å². The number of hydrogen-bond acceptors (Lipinski definition) is 5. The summed E-state index contributed by atoms with van der Waals surface area (Å²) in [4.78, 5) is 33.9. The first kappa shape index (κ1) is 18.0. The summed E-state index contributed by atoms with van der Waals surface area (Å²) >= 11 is 6.41. The molecule has 2 saturated carbocycles. The molecule has 0 radical (unpaired) electrons. The lowest BCUT2D eigenvalue weighted by Gasteiger charge is -2.30. The molecular weight excluding hydrogens is 404 g/mol. The van der Waals surface area contributed by atoms with Crippen LogP contribution in [0.2, 0.25) is 5.02 Å². The first-order valence-corrected chi connectivity index (χ1v) is 10.5. The molecule has 0 aromatic heterocycles. The largest absolute Gasteiger partial charge is 0.497 e. The van der Waals surface area contributed by atoms with Gasteiger partial charge in [-0.2, -0.15) is 0 Å². The highest BCUT2D eigenvalue weighted by Crippen LogP contribution is 2.62. The summed E-state index contributed by atoms with van der Waals surface area (Å²) in [7, 11) is 1.58. The molecule has 1 saturated heterocycles. The van der Waals surface area contributed by atoms with Crippen molar-refractivity contribution in [3.8, 4) is 5.75 Å². The predicted molar refractivity (Wildman–Crippen MR) is 110 cm³/mol. The van der Waals surface area contributed by atoms with E-state index in [2.05, 4.69) is 5.16 Å². The molecule has 2 amide bonds. The van der Waals surface area contributed by atoms with E-state index in [-0.39, 0.29) is 47.5 Å². The molecule has 6 nitrogen and oxygen atoms in total. The van der Waals surface area contributed by atoms with E-state index in [1.165, 1.54) is 4.90 Å². The van der Waals surface area contributed by atoms with Crippen molar-refractivity contribution < 1.29 is 19.2 Å². The molecule has 2 aliphatic heterocycles. The van der Waals surface area contributed by atoms with E-state index in [1.807, 2.05) is 24.3 Å². The second kappa shape index (κ2) is 6.32. The Morgan fingerprint density at radius 3 is 2.40 bits per heavy atom. The zero-order valence-electron chi connectivity index (χ0n) is 16.2. The number of nitrogens with zero attached hydrogens (tertiary/aromatic N) is 2. The summed E-state index contributed by atoms with van der Waals surface area (Å²) in [5.41, 5.74) is 2.24. The van der Waals surface area contributed by atoms with Gasteiger partial charge in [0.1, 0.15) is 11.9 Å². The van der Waals surface area contributed by atoms with Crippen LogP contribution in [0, 0.1) is 29.6 Å². The second-order valence-corrected chi connectivity index (χ2v) is 8.78. The molecule has 7 heteroatoms. The smallest absolute Gasteiger partial charge is 0.238 e. The van der Waals surface area contributed by atoms with Crippen LogP contribution in [0.25, 0.3) is 0 Å².